The Balaban J connectivity index is 2.06. The zero-order valence-corrected chi connectivity index (χ0v) is 14.4. The van der Waals surface area contributed by atoms with Crippen molar-refractivity contribution in [2.75, 3.05) is 6.61 Å². The van der Waals surface area contributed by atoms with E-state index in [1.807, 2.05) is 19.9 Å². The van der Waals surface area contributed by atoms with Gasteiger partial charge in [-0.2, -0.15) is 0 Å². The van der Waals surface area contributed by atoms with Crippen molar-refractivity contribution in [3.63, 3.8) is 0 Å². The molecule has 3 aromatic heterocycles. The van der Waals surface area contributed by atoms with E-state index in [0.29, 0.717) is 38.7 Å². The van der Waals surface area contributed by atoms with E-state index >= 15 is 0 Å². The van der Waals surface area contributed by atoms with Crippen LogP contribution in [0.1, 0.15) is 29.1 Å². The van der Waals surface area contributed by atoms with E-state index in [2.05, 4.69) is 15.0 Å². The van der Waals surface area contributed by atoms with E-state index in [1.54, 1.807) is 25.4 Å². The molecule has 0 unspecified atom stereocenters. The monoisotopic (exact) mass is 343 g/mol. The third kappa shape index (κ3) is 3.07. The summed E-state index contributed by atoms with van der Waals surface area (Å²) < 4.78 is 5.28. The number of nitrogens with zero attached hydrogens (tertiary/aromatic N) is 2. The Hall–Kier alpha value is -2.54. The van der Waals surface area contributed by atoms with Crippen molar-refractivity contribution in [2.24, 2.45) is 5.92 Å². The van der Waals surface area contributed by atoms with Crippen molar-refractivity contribution in [3.05, 3.63) is 45.3 Å². The van der Waals surface area contributed by atoms with Crippen LogP contribution in [-0.4, -0.2) is 27.5 Å². The third-order valence-electron chi connectivity index (χ3n) is 3.47. The van der Waals surface area contributed by atoms with Crippen molar-refractivity contribution < 1.29 is 9.53 Å². The molecule has 7 heteroatoms. The number of aromatic amines is 1. The lowest BCUT2D eigenvalue weighted by molar-refractivity contribution is 0.0464. The number of carbonyl (C=O) groups is 1. The van der Waals surface area contributed by atoms with Gasteiger partial charge in [0.15, 0.2) is 0 Å². The quantitative estimate of drug-likeness (QED) is 0.736. The number of pyridine rings is 1. The molecule has 3 heterocycles. The normalized spacial score (nSPS) is 11.2. The minimum absolute atomic E-state index is 0.252. The number of aryl methyl sites for hydroxylation is 1. The van der Waals surface area contributed by atoms with Crippen LogP contribution >= 0.6 is 11.3 Å². The summed E-state index contributed by atoms with van der Waals surface area (Å²) in [4.78, 5) is 36.9. The van der Waals surface area contributed by atoms with Gasteiger partial charge in [-0.1, -0.05) is 13.8 Å². The molecule has 1 N–H and O–H groups in total. The van der Waals surface area contributed by atoms with Crippen LogP contribution in [0.15, 0.2) is 29.3 Å². The highest BCUT2D eigenvalue weighted by molar-refractivity contribution is 7.20. The molecule has 0 amide bonds. The predicted molar refractivity (Wildman–Crippen MR) is 93.3 cm³/mol. The highest BCUT2D eigenvalue weighted by Gasteiger charge is 2.21. The van der Waals surface area contributed by atoms with Crippen LogP contribution in [0.25, 0.3) is 21.6 Å². The number of hydrogen-bond donors (Lipinski definition) is 1. The highest BCUT2D eigenvalue weighted by Crippen LogP contribution is 2.29. The number of rotatable bonds is 4. The molecule has 24 heavy (non-hydrogen) atoms. The molecule has 0 aromatic carbocycles. The van der Waals surface area contributed by atoms with E-state index < -0.39 is 5.97 Å². The number of hydrogen-bond acceptors (Lipinski definition) is 6. The number of esters is 1. The fourth-order valence-corrected chi connectivity index (χ4v) is 3.36. The first-order valence-corrected chi connectivity index (χ1v) is 8.40. The van der Waals surface area contributed by atoms with Gasteiger partial charge < -0.3 is 9.72 Å². The van der Waals surface area contributed by atoms with E-state index in [4.69, 9.17) is 4.74 Å². The van der Waals surface area contributed by atoms with Crippen LogP contribution < -0.4 is 5.56 Å². The average Bonchev–Trinajstić information content (AvgIpc) is 2.90. The molecule has 3 rings (SSSR count). The number of fused-ring (bicyclic) bond motifs is 1. The maximum absolute atomic E-state index is 12.4. The number of H-pyrrole nitrogens is 1. The van der Waals surface area contributed by atoms with Crippen LogP contribution in [0.4, 0.5) is 0 Å². The Bertz CT molecular complexity index is 945. The first-order chi connectivity index (χ1) is 11.5. The lowest BCUT2D eigenvalue weighted by Crippen LogP contribution is -2.11. The van der Waals surface area contributed by atoms with Gasteiger partial charge in [0.25, 0.3) is 5.56 Å². The number of ether oxygens (including phenoxy) is 1. The van der Waals surface area contributed by atoms with Gasteiger partial charge in [-0.15, -0.1) is 11.3 Å². The Morgan fingerprint density at radius 3 is 2.88 bits per heavy atom. The molecule has 6 nitrogen and oxygen atoms in total. The van der Waals surface area contributed by atoms with Crippen LogP contribution in [0, 0.1) is 12.8 Å². The second-order valence-corrected chi connectivity index (χ2v) is 6.88. The molecule has 124 valence electrons. The average molecular weight is 343 g/mol. The minimum Gasteiger partial charge on any atom is -0.461 e. The zero-order valence-electron chi connectivity index (χ0n) is 13.6. The highest BCUT2D eigenvalue weighted by atomic mass is 32.1. The summed E-state index contributed by atoms with van der Waals surface area (Å²) in [7, 11) is 0. The van der Waals surface area contributed by atoms with Crippen molar-refractivity contribution >= 4 is 27.5 Å². The van der Waals surface area contributed by atoms with Gasteiger partial charge in [0, 0.05) is 18.0 Å². The predicted octanol–water partition coefficient (Wildman–Crippen LogP) is 3.17. The summed E-state index contributed by atoms with van der Waals surface area (Å²) in [5.41, 5.74) is 1.05. The summed E-state index contributed by atoms with van der Waals surface area (Å²) in [6, 6.07) is 3.59. The summed E-state index contributed by atoms with van der Waals surface area (Å²) in [6.45, 7) is 6.03. The number of aromatic nitrogens is 3. The SMILES string of the molecule is Cc1c(C(=O)OCC(C)C)sc2nc(-c3cccnc3)[nH]c(=O)c12. The first-order valence-electron chi connectivity index (χ1n) is 7.58. The summed E-state index contributed by atoms with van der Waals surface area (Å²) in [5, 5.41) is 0.434. The Labute approximate surface area is 142 Å². The molecule has 0 atom stereocenters. The number of nitrogens with one attached hydrogen (secondary N) is 1. The Kier molecular flexibility index (Phi) is 4.44. The van der Waals surface area contributed by atoms with Crippen LogP contribution in [0.2, 0.25) is 0 Å². The van der Waals surface area contributed by atoms with Gasteiger partial charge in [-0.3, -0.25) is 9.78 Å². The molecule has 0 spiro atoms. The zero-order chi connectivity index (χ0) is 17.3. The van der Waals surface area contributed by atoms with Gasteiger partial charge in [-0.25, -0.2) is 9.78 Å². The first kappa shape index (κ1) is 16.3. The molecule has 0 aliphatic rings. The van der Waals surface area contributed by atoms with Crippen molar-refractivity contribution in [1.82, 2.24) is 15.0 Å². The molecule has 0 aliphatic carbocycles. The third-order valence-corrected chi connectivity index (χ3v) is 4.63. The lowest BCUT2D eigenvalue weighted by atomic mass is 10.2. The molecule has 3 aromatic rings. The van der Waals surface area contributed by atoms with Crippen molar-refractivity contribution in [2.45, 2.75) is 20.8 Å². The maximum atomic E-state index is 12.4. The molecule has 0 bridgehead atoms. The van der Waals surface area contributed by atoms with Gasteiger partial charge in [-0.05, 0) is 30.5 Å². The molecular formula is C17H17N3O3S. The minimum atomic E-state index is -0.411. The maximum Gasteiger partial charge on any atom is 0.348 e. The van der Waals surface area contributed by atoms with Gasteiger partial charge in [0.1, 0.15) is 15.5 Å². The van der Waals surface area contributed by atoms with Crippen LogP contribution in [-0.2, 0) is 4.74 Å². The number of thiophene rings is 1. The largest absolute Gasteiger partial charge is 0.461 e. The molecular weight excluding hydrogens is 326 g/mol. The topological polar surface area (TPSA) is 84.9 Å². The fourth-order valence-electron chi connectivity index (χ4n) is 2.29. The molecule has 0 saturated heterocycles. The van der Waals surface area contributed by atoms with Crippen LogP contribution in [0.3, 0.4) is 0 Å². The van der Waals surface area contributed by atoms with E-state index in [-0.39, 0.29) is 11.5 Å². The lowest BCUT2D eigenvalue weighted by Gasteiger charge is -2.05. The van der Waals surface area contributed by atoms with Crippen molar-refractivity contribution in [1.29, 1.82) is 0 Å². The second-order valence-electron chi connectivity index (χ2n) is 5.88. The number of carbonyl (C=O) groups excluding carboxylic acids is 1. The van der Waals surface area contributed by atoms with Crippen LogP contribution in [0.5, 0.6) is 0 Å². The van der Waals surface area contributed by atoms with E-state index in [9.17, 15) is 9.59 Å². The Morgan fingerprint density at radius 2 is 2.21 bits per heavy atom. The summed E-state index contributed by atoms with van der Waals surface area (Å²) in [6.07, 6.45) is 3.28. The molecule has 0 radical (unpaired) electrons. The second kappa shape index (κ2) is 6.52. The van der Waals surface area contributed by atoms with Gasteiger partial charge in [0.05, 0.1) is 12.0 Å². The Morgan fingerprint density at radius 1 is 1.42 bits per heavy atom. The molecule has 0 saturated carbocycles. The molecule has 0 fully saturated rings. The van der Waals surface area contributed by atoms with E-state index in [1.165, 1.54) is 11.3 Å². The summed E-state index contributed by atoms with van der Waals surface area (Å²) >= 11 is 1.18. The molecule has 0 aliphatic heterocycles. The van der Waals surface area contributed by atoms with Crippen molar-refractivity contribution in [3.8, 4) is 11.4 Å². The fraction of sp³-hybridized carbons (Fsp3) is 0.294. The van der Waals surface area contributed by atoms with Gasteiger partial charge >= 0.3 is 5.97 Å². The smallest absolute Gasteiger partial charge is 0.348 e. The van der Waals surface area contributed by atoms with E-state index in [0.717, 1.165) is 0 Å². The summed E-state index contributed by atoms with van der Waals surface area (Å²) in [5.74, 6) is 0.276. The standard InChI is InChI=1S/C17H17N3O3S/c1-9(2)8-23-17(22)13-10(3)12-15(21)19-14(20-16(12)24-13)11-5-4-6-18-7-11/h4-7,9H,8H2,1-3H3,(H,19,20,21). The van der Waals surface area contributed by atoms with Gasteiger partial charge in [0.2, 0.25) is 0 Å².